The molecule has 3 N–H and O–H groups in total. The Hall–Kier alpha value is -1.18. The molecule has 0 aromatic heterocycles. The lowest BCUT2D eigenvalue weighted by molar-refractivity contribution is -0.0142. The lowest BCUT2D eigenvalue weighted by Crippen LogP contribution is -2.04. The first-order valence-corrected chi connectivity index (χ1v) is 11.5. The Morgan fingerprint density at radius 1 is 0.667 bits per heavy atom. The van der Waals surface area contributed by atoms with Crippen molar-refractivity contribution >= 4 is 0 Å². The number of aliphatic hydroxyl groups excluding tert-OH is 2. The van der Waals surface area contributed by atoms with E-state index < -0.39 is 13.6 Å². The van der Waals surface area contributed by atoms with E-state index in [0.717, 1.165) is 25.0 Å². The quantitative estimate of drug-likeness (QED) is 0.205. The topological polar surface area (TPSA) is 88.4 Å². The molecule has 6 nitrogen and oxygen atoms in total. The predicted octanol–water partition coefficient (Wildman–Crippen LogP) is 4.81. The molecule has 0 amide bonds. The minimum atomic E-state index is -0.409. The van der Waals surface area contributed by atoms with Crippen molar-refractivity contribution in [2.75, 3.05) is 26.8 Å². The molecule has 0 fully saturated rings. The number of aromatic hydroxyl groups is 1. The fraction of sp³-hybridized carbons (Fsp3) is 0.750. The highest BCUT2D eigenvalue weighted by Crippen LogP contribution is 2.26. The zero-order chi connectivity index (χ0) is 21.9. The summed E-state index contributed by atoms with van der Waals surface area (Å²) in [5.41, 5.74) is 2.18. The molecule has 0 aliphatic heterocycles. The molecule has 174 valence electrons. The van der Waals surface area contributed by atoms with Gasteiger partial charge >= 0.3 is 0 Å². The molecule has 6 heteroatoms. The minimum absolute atomic E-state index is 0.0759. The Balaban J connectivity index is 2.22. The van der Waals surface area contributed by atoms with E-state index in [1.807, 2.05) is 12.1 Å². The van der Waals surface area contributed by atoms with E-state index >= 15 is 0 Å². The van der Waals surface area contributed by atoms with Gasteiger partial charge in [0.15, 0.2) is 0 Å². The Kier molecular flexibility index (Phi) is 16.6. The van der Waals surface area contributed by atoms with Gasteiger partial charge in [0, 0.05) is 17.7 Å². The van der Waals surface area contributed by atoms with Crippen molar-refractivity contribution in [3.05, 3.63) is 28.8 Å². The Morgan fingerprint density at radius 2 is 1.17 bits per heavy atom. The second-order valence-corrected chi connectivity index (χ2v) is 7.76. The van der Waals surface area contributed by atoms with Crippen LogP contribution in [-0.2, 0) is 33.8 Å². The number of hydrogen-bond acceptors (Lipinski definition) is 6. The molecule has 0 aliphatic carbocycles. The summed E-state index contributed by atoms with van der Waals surface area (Å²) >= 11 is 0. The van der Waals surface area contributed by atoms with Crippen molar-refractivity contribution in [3.63, 3.8) is 0 Å². The summed E-state index contributed by atoms with van der Waals surface area (Å²) in [6.07, 6.45) is 13.8. The van der Waals surface area contributed by atoms with E-state index in [9.17, 15) is 5.11 Å². The average molecular weight is 427 g/mol. The largest absolute Gasteiger partial charge is 0.507 e. The summed E-state index contributed by atoms with van der Waals surface area (Å²) in [6.45, 7) is 3.05. The number of phenols is 1. The lowest BCUT2D eigenvalue weighted by Gasteiger charge is -2.13. The van der Waals surface area contributed by atoms with Gasteiger partial charge in [-0.2, -0.15) is 0 Å². The number of benzene rings is 1. The molecule has 0 saturated heterocycles. The van der Waals surface area contributed by atoms with E-state index in [-0.39, 0.29) is 19.0 Å². The molecule has 0 unspecified atom stereocenters. The van der Waals surface area contributed by atoms with E-state index in [1.165, 1.54) is 57.8 Å². The molecule has 0 atom stereocenters. The van der Waals surface area contributed by atoms with Crippen molar-refractivity contribution in [1.82, 2.24) is 0 Å². The molecule has 1 rings (SSSR count). The van der Waals surface area contributed by atoms with Crippen molar-refractivity contribution in [2.45, 2.75) is 90.8 Å². The molecule has 0 aliphatic rings. The number of phenolic OH excluding ortho intramolecular Hbond substituents is 1. The van der Waals surface area contributed by atoms with Crippen molar-refractivity contribution < 1.29 is 29.5 Å². The number of unbranched alkanes of at least 4 members (excludes halogenated alkanes) is 9. The van der Waals surface area contributed by atoms with Gasteiger partial charge < -0.3 is 29.5 Å². The minimum Gasteiger partial charge on any atom is -0.507 e. The molecule has 0 saturated carbocycles. The molecular weight excluding hydrogens is 384 g/mol. The van der Waals surface area contributed by atoms with Gasteiger partial charge in [-0.15, -0.1) is 0 Å². The third-order valence-corrected chi connectivity index (χ3v) is 5.20. The Bertz CT molecular complexity index is 505. The van der Waals surface area contributed by atoms with Crippen molar-refractivity contribution in [1.29, 1.82) is 0 Å². The van der Waals surface area contributed by atoms with Crippen LogP contribution in [0.3, 0.4) is 0 Å². The molecule has 0 spiro atoms. The molecule has 1 aromatic rings. The maximum Gasteiger partial charge on any atom is 0.144 e. The van der Waals surface area contributed by atoms with Crippen LogP contribution >= 0.6 is 0 Å². The summed E-state index contributed by atoms with van der Waals surface area (Å²) in [4.78, 5) is 0. The number of hydrogen-bond donors (Lipinski definition) is 3. The van der Waals surface area contributed by atoms with Gasteiger partial charge in [0.05, 0.1) is 19.8 Å². The second-order valence-electron chi connectivity index (χ2n) is 7.76. The third-order valence-electron chi connectivity index (χ3n) is 5.20. The fourth-order valence-electron chi connectivity index (χ4n) is 3.49. The van der Waals surface area contributed by atoms with Crippen LogP contribution in [0.4, 0.5) is 0 Å². The third kappa shape index (κ3) is 12.5. The first-order valence-electron chi connectivity index (χ1n) is 11.5. The maximum atomic E-state index is 10.3. The van der Waals surface area contributed by atoms with Gasteiger partial charge in [-0.3, -0.25) is 0 Å². The highest BCUT2D eigenvalue weighted by molar-refractivity contribution is 5.43. The maximum absolute atomic E-state index is 10.3. The normalized spacial score (nSPS) is 11.3. The standard InChI is InChI=1S/C24H42O6/c1-2-3-4-5-6-7-8-9-10-11-13-28-14-12-21-15-22(17-29-19-25)24(27)23(16-21)18-30-20-26/h15-16,25-27H,2-14,17-20H2,1H3. The zero-order valence-electron chi connectivity index (χ0n) is 18.7. The van der Waals surface area contributed by atoms with Gasteiger partial charge in [-0.1, -0.05) is 64.7 Å². The van der Waals surface area contributed by atoms with Crippen LogP contribution in [0.1, 0.15) is 87.8 Å². The van der Waals surface area contributed by atoms with Gasteiger partial charge in [0.25, 0.3) is 0 Å². The molecule has 0 radical (unpaired) electrons. The predicted molar refractivity (Wildman–Crippen MR) is 118 cm³/mol. The van der Waals surface area contributed by atoms with Crippen LogP contribution in [0.2, 0.25) is 0 Å². The van der Waals surface area contributed by atoms with Crippen molar-refractivity contribution in [2.24, 2.45) is 0 Å². The van der Waals surface area contributed by atoms with Crippen LogP contribution in [0.5, 0.6) is 5.75 Å². The van der Waals surface area contributed by atoms with Crippen LogP contribution in [0.15, 0.2) is 12.1 Å². The van der Waals surface area contributed by atoms with Crippen LogP contribution in [0.25, 0.3) is 0 Å². The highest BCUT2D eigenvalue weighted by Gasteiger charge is 2.11. The molecule has 0 heterocycles. The molecule has 30 heavy (non-hydrogen) atoms. The first kappa shape index (κ1) is 26.9. The van der Waals surface area contributed by atoms with Gasteiger partial charge in [-0.25, -0.2) is 0 Å². The fourth-order valence-corrected chi connectivity index (χ4v) is 3.49. The van der Waals surface area contributed by atoms with E-state index in [2.05, 4.69) is 6.92 Å². The van der Waals surface area contributed by atoms with E-state index in [4.69, 9.17) is 24.4 Å². The molecule has 0 bridgehead atoms. The summed E-state index contributed by atoms with van der Waals surface area (Å²) in [6, 6.07) is 3.72. The number of ether oxygens (including phenoxy) is 3. The molecular formula is C24H42O6. The van der Waals surface area contributed by atoms with E-state index in [1.54, 1.807) is 0 Å². The number of rotatable bonds is 20. The first-order chi connectivity index (χ1) is 14.7. The summed E-state index contributed by atoms with van der Waals surface area (Å²) in [7, 11) is 0. The van der Waals surface area contributed by atoms with Gasteiger partial charge in [0.1, 0.15) is 19.3 Å². The average Bonchev–Trinajstić information content (AvgIpc) is 2.75. The summed E-state index contributed by atoms with van der Waals surface area (Å²) in [5.74, 6) is 0.0759. The summed E-state index contributed by atoms with van der Waals surface area (Å²) < 4.78 is 15.8. The highest BCUT2D eigenvalue weighted by atomic mass is 16.6. The second kappa shape index (κ2) is 18.6. The Labute approximate surface area is 182 Å². The monoisotopic (exact) mass is 426 g/mol. The van der Waals surface area contributed by atoms with Crippen LogP contribution in [-0.4, -0.2) is 42.1 Å². The lowest BCUT2D eigenvalue weighted by atomic mass is 10.0. The zero-order valence-corrected chi connectivity index (χ0v) is 18.7. The van der Waals surface area contributed by atoms with Crippen LogP contribution < -0.4 is 0 Å². The Morgan fingerprint density at radius 3 is 1.67 bits per heavy atom. The smallest absolute Gasteiger partial charge is 0.144 e. The van der Waals surface area contributed by atoms with Crippen molar-refractivity contribution in [3.8, 4) is 5.75 Å². The SMILES string of the molecule is CCCCCCCCCCCCOCCc1cc(COCO)c(O)c(COCO)c1. The van der Waals surface area contributed by atoms with E-state index in [0.29, 0.717) is 17.7 Å². The summed E-state index contributed by atoms with van der Waals surface area (Å²) in [5, 5.41) is 28.0. The van der Waals surface area contributed by atoms with Crippen LogP contribution in [0, 0.1) is 0 Å². The van der Waals surface area contributed by atoms with Gasteiger partial charge in [-0.05, 0) is 30.5 Å². The van der Waals surface area contributed by atoms with Gasteiger partial charge in [0.2, 0.25) is 0 Å². The molecule has 1 aromatic carbocycles. The number of aliphatic hydroxyl groups is 2.